The lowest BCUT2D eigenvalue weighted by atomic mass is 10.1. The van der Waals surface area contributed by atoms with Gasteiger partial charge in [0, 0.05) is 17.3 Å². The molecule has 108 valence electrons. The minimum Gasteiger partial charge on any atom is -0.395 e. The maximum atomic E-state index is 11.9. The Morgan fingerprint density at radius 1 is 1.35 bits per heavy atom. The smallest absolute Gasteiger partial charge is 0.238 e. The number of rotatable bonds is 5. The molecule has 5 nitrogen and oxygen atoms in total. The molecule has 5 heteroatoms. The molecule has 0 unspecified atom stereocenters. The number of nitrogens with one attached hydrogen (secondary N) is 1. The van der Waals surface area contributed by atoms with Crippen molar-refractivity contribution in [2.24, 2.45) is 0 Å². The molecule has 1 amide bonds. The molecular formula is C15H20N2O3. The second-order valence-corrected chi connectivity index (χ2v) is 5.13. The van der Waals surface area contributed by atoms with Crippen molar-refractivity contribution in [2.75, 3.05) is 25.0 Å². The van der Waals surface area contributed by atoms with E-state index >= 15 is 0 Å². The molecule has 1 aromatic carbocycles. The van der Waals surface area contributed by atoms with Gasteiger partial charge >= 0.3 is 0 Å². The lowest BCUT2D eigenvalue weighted by Crippen LogP contribution is -2.38. The second-order valence-electron chi connectivity index (χ2n) is 5.13. The summed E-state index contributed by atoms with van der Waals surface area (Å²) < 4.78 is 0. The highest BCUT2D eigenvalue weighted by Gasteiger charge is 2.25. The number of aliphatic hydroxyl groups excluding tert-OH is 1. The van der Waals surface area contributed by atoms with Crippen LogP contribution in [0.15, 0.2) is 24.3 Å². The predicted octanol–water partition coefficient (Wildman–Crippen LogP) is 1.28. The number of carbonyl (C=O) groups is 2. The lowest BCUT2D eigenvalue weighted by Gasteiger charge is -2.21. The van der Waals surface area contributed by atoms with Gasteiger partial charge in [-0.2, -0.15) is 0 Å². The molecule has 1 atom stereocenters. The van der Waals surface area contributed by atoms with Crippen molar-refractivity contribution in [1.29, 1.82) is 0 Å². The summed E-state index contributed by atoms with van der Waals surface area (Å²) >= 11 is 0. The van der Waals surface area contributed by atoms with Crippen molar-refractivity contribution >= 4 is 17.4 Å². The summed E-state index contributed by atoms with van der Waals surface area (Å²) in [5, 5.41) is 12.0. The number of aliphatic hydroxyl groups is 1. The van der Waals surface area contributed by atoms with E-state index in [0.717, 1.165) is 19.4 Å². The Kier molecular flexibility index (Phi) is 4.87. The molecule has 0 aliphatic carbocycles. The maximum absolute atomic E-state index is 11.9. The van der Waals surface area contributed by atoms with Gasteiger partial charge in [-0.05, 0) is 50.6 Å². The highest BCUT2D eigenvalue weighted by molar-refractivity contribution is 5.96. The van der Waals surface area contributed by atoms with Crippen LogP contribution in [0.25, 0.3) is 0 Å². The molecule has 2 rings (SSSR count). The van der Waals surface area contributed by atoms with Gasteiger partial charge in [-0.15, -0.1) is 0 Å². The summed E-state index contributed by atoms with van der Waals surface area (Å²) in [5.74, 6) is -0.0911. The number of likely N-dealkylation sites (tertiary alicyclic amines) is 1. The first-order chi connectivity index (χ1) is 9.60. The number of nitrogens with zero attached hydrogens (tertiary/aromatic N) is 1. The van der Waals surface area contributed by atoms with Gasteiger partial charge in [-0.1, -0.05) is 0 Å². The molecule has 1 heterocycles. The summed E-state index contributed by atoms with van der Waals surface area (Å²) in [5.41, 5.74) is 1.31. The zero-order valence-electron chi connectivity index (χ0n) is 11.6. The fourth-order valence-electron chi connectivity index (χ4n) is 2.48. The average molecular weight is 276 g/mol. The van der Waals surface area contributed by atoms with Gasteiger partial charge in [0.15, 0.2) is 5.78 Å². The molecule has 0 bridgehead atoms. The van der Waals surface area contributed by atoms with Crippen molar-refractivity contribution in [3.63, 3.8) is 0 Å². The van der Waals surface area contributed by atoms with E-state index in [9.17, 15) is 14.7 Å². The van der Waals surface area contributed by atoms with E-state index in [1.54, 1.807) is 24.3 Å². The van der Waals surface area contributed by atoms with Gasteiger partial charge in [0.2, 0.25) is 5.91 Å². The first kappa shape index (κ1) is 14.7. The van der Waals surface area contributed by atoms with Crippen molar-refractivity contribution in [1.82, 2.24) is 4.90 Å². The molecule has 1 aromatic rings. The standard InChI is InChI=1S/C15H20N2O3/c1-11(19)12-4-6-13(7-5-12)16-15(20)9-17-8-2-3-14(17)10-18/h4-7,14,18H,2-3,8-10H2,1H3,(H,16,20)/t14-/m0/s1. The summed E-state index contributed by atoms with van der Waals surface area (Å²) in [6.45, 7) is 2.75. The van der Waals surface area contributed by atoms with Crippen LogP contribution in [0.5, 0.6) is 0 Å². The van der Waals surface area contributed by atoms with Gasteiger partial charge in [0.1, 0.15) is 0 Å². The number of Topliss-reactive ketones (excluding diaryl/α,β-unsaturated/α-hetero) is 1. The number of ketones is 1. The third-order valence-electron chi connectivity index (χ3n) is 3.63. The normalized spacial score (nSPS) is 19.0. The zero-order valence-corrected chi connectivity index (χ0v) is 11.6. The van der Waals surface area contributed by atoms with E-state index in [2.05, 4.69) is 5.32 Å². The lowest BCUT2D eigenvalue weighted by molar-refractivity contribution is -0.117. The van der Waals surface area contributed by atoms with Crippen LogP contribution in [0.2, 0.25) is 0 Å². The number of benzene rings is 1. The van der Waals surface area contributed by atoms with Crippen LogP contribution in [0.3, 0.4) is 0 Å². The van der Waals surface area contributed by atoms with Crippen LogP contribution >= 0.6 is 0 Å². The van der Waals surface area contributed by atoms with Gasteiger partial charge in [0.05, 0.1) is 13.2 Å². The van der Waals surface area contributed by atoms with E-state index in [4.69, 9.17) is 0 Å². The molecular weight excluding hydrogens is 256 g/mol. The number of carbonyl (C=O) groups excluding carboxylic acids is 2. The topological polar surface area (TPSA) is 69.6 Å². The Labute approximate surface area is 118 Å². The van der Waals surface area contributed by atoms with E-state index in [0.29, 0.717) is 17.8 Å². The molecule has 0 saturated carbocycles. The Morgan fingerprint density at radius 3 is 2.65 bits per heavy atom. The highest BCUT2D eigenvalue weighted by Crippen LogP contribution is 2.16. The molecule has 0 radical (unpaired) electrons. The van der Waals surface area contributed by atoms with E-state index in [-0.39, 0.29) is 24.3 Å². The van der Waals surface area contributed by atoms with Gasteiger partial charge < -0.3 is 10.4 Å². The molecule has 20 heavy (non-hydrogen) atoms. The highest BCUT2D eigenvalue weighted by atomic mass is 16.3. The molecule has 1 fully saturated rings. The Morgan fingerprint density at radius 2 is 2.05 bits per heavy atom. The third kappa shape index (κ3) is 3.65. The monoisotopic (exact) mass is 276 g/mol. The SMILES string of the molecule is CC(=O)c1ccc(NC(=O)CN2CCC[C@H]2CO)cc1. The zero-order chi connectivity index (χ0) is 14.5. The fraction of sp³-hybridized carbons (Fsp3) is 0.467. The van der Waals surface area contributed by atoms with Crippen molar-refractivity contribution < 1.29 is 14.7 Å². The summed E-state index contributed by atoms with van der Waals surface area (Å²) in [7, 11) is 0. The Hall–Kier alpha value is -1.72. The first-order valence-corrected chi connectivity index (χ1v) is 6.86. The van der Waals surface area contributed by atoms with Gasteiger partial charge in [-0.3, -0.25) is 14.5 Å². The Balaban J connectivity index is 1.89. The number of hydrogen-bond donors (Lipinski definition) is 2. The largest absolute Gasteiger partial charge is 0.395 e. The van der Waals surface area contributed by atoms with Crippen molar-refractivity contribution in [2.45, 2.75) is 25.8 Å². The average Bonchev–Trinajstić information content (AvgIpc) is 2.86. The van der Waals surface area contributed by atoms with E-state index < -0.39 is 0 Å². The van der Waals surface area contributed by atoms with Gasteiger partial charge in [-0.25, -0.2) is 0 Å². The minimum absolute atomic E-state index is 0.00531. The molecule has 1 aliphatic rings. The van der Waals surface area contributed by atoms with E-state index in [1.165, 1.54) is 6.92 Å². The summed E-state index contributed by atoms with van der Waals surface area (Å²) in [6.07, 6.45) is 1.96. The number of hydrogen-bond acceptors (Lipinski definition) is 4. The summed E-state index contributed by atoms with van der Waals surface area (Å²) in [4.78, 5) is 25.1. The van der Waals surface area contributed by atoms with Crippen LogP contribution in [-0.2, 0) is 4.79 Å². The molecule has 1 saturated heterocycles. The quantitative estimate of drug-likeness (QED) is 0.795. The molecule has 0 spiro atoms. The minimum atomic E-state index is -0.0964. The third-order valence-corrected chi connectivity index (χ3v) is 3.63. The first-order valence-electron chi connectivity index (χ1n) is 6.86. The van der Waals surface area contributed by atoms with Crippen LogP contribution in [0.4, 0.5) is 5.69 Å². The van der Waals surface area contributed by atoms with Crippen molar-refractivity contribution in [3.8, 4) is 0 Å². The molecule has 0 aromatic heterocycles. The number of anilines is 1. The second kappa shape index (κ2) is 6.63. The molecule has 2 N–H and O–H groups in total. The maximum Gasteiger partial charge on any atom is 0.238 e. The van der Waals surface area contributed by atoms with Crippen molar-refractivity contribution in [3.05, 3.63) is 29.8 Å². The Bertz CT molecular complexity index is 484. The number of amides is 1. The van der Waals surface area contributed by atoms with Crippen LogP contribution in [0.1, 0.15) is 30.1 Å². The predicted molar refractivity (Wildman–Crippen MR) is 76.8 cm³/mol. The van der Waals surface area contributed by atoms with Crippen LogP contribution < -0.4 is 5.32 Å². The fourth-order valence-corrected chi connectivity index (χ4v) is 2.48. The van der Waals surface area contributed by atoms with Crippen LogP contribution in [-0.4, -0.2) is 47.4 Å². The molecule has 1 aliphatic heterocycles. The van der Waals surface area contributed by atoms with Crippen LogP contribution in [0, 0.1) is 0 Å². The van der Waals surface area contributed by atoms with Gasteiger partial charge in [0.25, 0.3) is 0 Å². The van der Waals surface area contributed by atoms with E-state index in [1.807, 2.05) is 4.90 Å². The summed E-state index contributed by atoms with van der Waals surface area (Å²) in [6, 6.07) is 6.94.